The summed E-state index contributed by atoms with van der Waals surface area (Å²) in [6.45, 7) is 0. The van der Waals surface area contributed by atoms with Crippen LogP contribution in [0.5, 0.6) is 0 Å². The molecule has 0 aliphatic carbocycles. The minimum Gasteiger partial charge on any atom is -0.456 e. The van der Waals surface area contributed by atoms with Crippen LogP contribution < -0.4 is 9.98 Å². The van der Waals surface area contributed by atoms with E-state index in [2.05, 4.69) is 108 Å². The standard InChI is InChI=1S/C41H25N3O/c1-3-11-26(12-4-1)39-42-40(27-13-5-2-6-14-27)44-41(43-39)30-19-21-34-36-24-29(20-22-37(36)45-38(34)25-30)35-23-28-15-7-8-16-31(28)32-17-9-10-18-33(32)35/h1-25H/p+1. The molecular weight excluding hydrogens is 550 g/mol. The highest BCUT2D eigenvalue weighted by atomic mass is 16.3. The fourth-order valence-electron chi connectivity index (χ4n) is 6.38. The normalized spacial score (nSPS) is 13.1. The lowest BCUT2D eigenvalue weighted by molar-refractivity contribution is 0.669. The van der Waals surface area contributed by atoms with E-state index in [-0.39, 0.29) is 0 Å². The van der Waals surface area contributed by atoms with Crippen molar-refractivity contribution >= 4 is 61.0 Å². The van der Waals surface area contributed by atoms with Gasteiger partial charge in [-0.2, -0.15) is 0 Å². The van der Waals surface area contributed by atoms with E-state index < -0.39 is 0 Å². The summed E-state index contributed by atoms with van der Waals surface area (Å²) >= 11 is 0. The molecule has 4 heteroatoms. The number of nitrogens with zero attached hydrogens (tertiary/aromatic N) is 2. The highest BCUT2D eigenvalue weighted by Gasteiger charge is 2.26. The Morgan fingerprint density at radius 3 is 1.98 bits per heavy atom. The fraction of sp³-hybridized carbons (Fsp3) is 0. The Balaban J connectivity index is 1.16. The third kappa shape index (κ3) is 4.32. The predicted octanol–water partition coefficient (Wildman–Crippen LogP) is 8.87. The lowest BCUT2D eigenvalue weighted by Gasteiger charge is -2.11. The van der Waals surface area contributed by atoms with E-state index >= 15 is 0 Å². The van der Waals surface area contributed by atoms with Gasteiger partial charge in [0.25, 0.3) is 5.84 Å². The predicted molar refractivity (Wildman–Crippen MR) is 187 cm³/mol. The zero-order valence-electron chi connectivity index (χ0n) is 24.2. The van der Waals surface area contributed by atoms with Gasteiger partial charge < -0.3 is 4.42 Å². The summed E-state index contributed by atoms with van der Waals surface area (Å²) in [5, 5.41) is 10.7. The number of hydrogen-bond donors (Lipinski definition) is 1. The summed E-state index contributed by atoms with van der Waals surface area (Å²) in [5.74, 6) is 2.16. The van der Waals surface area contributed by atoms with Crippen LogP contribution in [0.15, 0.2) is 161 Å². The Kier molecular flexibility index (Phi) is 5.73. The summed E-state index contributed by atoms with van der Waals surface area (Å²) in [6, 6.07) is 52.6. The molecule has 0 spiro atoms. The largest absolute Gasteiger partial charge is 0.456 e. The first-order chi connectivity index (χ1) is 22.3. The summed E-state index contributed by atoms with van der Waals surface area (Å²) in [6.07, 6.45) is 0. The van der Waals surface area contributed by atoms with E-state index in [1.165, 1.54) is 32.7 Å². The topological polar surface area (TPSA) is 51.6 Å². The van der Waals surface area contributed by atoms with Gasteiger partial charge in [-0.1, -0.05) is 96.0 Å². The van der Waals surface area contributed by atoms with Gasteiger partial charge >= 0.3 is 11.7 Å². The first kappa shape index (κ1) is 25.3. The minimum absolute atomic E-state index is 0.667. The molecule has 7 aromatic carbocycles. The molecule has 1 N–H and O–H groups in total. The van der Waals surface area contributed by atoms with Crippen LogP contribution >= 0.6 is 0 Å². The van der Waals surface area contributed by atoms with E-state index in [9.17, 15) is 0 Å². The van der Waals surface area contributed by atoms with Crippen molar-refractivity contribution in [1.82, 2.24) is 9.98 Å². The molecule has 1 aliphatic heterocycles. The molecule has 2 heterocycles. The fourth-order valence-corrected chi connectivity index (χ4v) is 6.38. The summed E-state index contributed by atoms with van der Waals surface area (Å²) in [7, 11) is 0. The molecule has 0 amide bonds. The summed E-state index contributed by atoms with van der Waals surface area (Å²) < 4.78 is 11.3. The van der Waals surface area contributed by atoms with E-state index in [4.69, 9.17) is 14.1 Å². The maximum atomic E-state index is 6.44. The number of nitrogens with one attached hydrogen (secondary N) is 1. The van der Waals surface area contributed by atoms with Crippen molar-refractivity contribution in [3.8, 4) is 11.1 Å². The van der Waals surface area contributed by atoms with Gasteiger partial charge in [-0.3, -0.25) is 0 Å². The van der Waals surface area contributed by atoms with E-state index in [0.29, 0.717) is 5.84 Å². The van der Waals surface area contributed by atoms with Crippen molar-refractivity contribution in [1.29, 1.82) is 0 Å². The van der Waals surface area contributed by atoms with Crippen LogP contribution in [-0.4, -0.2) is 17.5 Å². The van der Waals surface area contributed by atoms with Gasteiger partial charge in [0.2, 0.25) is 0 Å². The molecule has 0 bridgehead atoms. The van der Waals surface area contributed by atoms with Gasteiger partial charge in [0.15, 0.2) is 0 Å². The minimum atomic E-state index is 0.667. The number of furan rings is 1. The average Bonchev–Trinajstić information content (AvgIpc) is 3.49. The second kappa shape index (κ2) is 10.2. The van der Waals surface area contributed by atoms with Crippen LogP contribution in [0.4, 0.5) is 0 Å². The molecule has 9 rings (SSSR count). The molecule has 45 heavy (non-hydrogen) atoms. The second-order valence-electron chi connectivity index (χ2n) is 11.3. The molecule has 0 fully saturated rings. The molecule has 1 aliphatic rings. The quantitative estimate of drug-likeness (QED) is 0.168. The van der Waals surface area contributed by atoms with Crippen molar-refractivity contribution in [2.75, 3.05) is 0 Å². The highest BCUT2D eigenvalue weighted by molar-refractivity contribution is 6.24. The Hall–Kier alpha value is -6.22. The SMILES string of the molecule is c1ccc(C2=[N+]=C(c3ccccc3)NC(c3ccc4c(c3)oc3ccc(-c5cc6ccccc6c6ccccc56)cc34)=N2)cc1. The number of aliphatic imine (C=N–C) groups is 1. The molecule has 0 saturated carbocycles. The van der Waals surface area contributed by atoms with Crippen LogP contribution in [-0.2, 0) is 0 Å². The molecular formula is C41H26N3O+. The third-order valence-corrected chi connectivity index (χ3v) is 8.58. The maximum absolute atomic E-state index is 6.44. The zero-order chi connectivity index (χ0) is 29.7. The van der Waals surface area contributed by atoms with Crippen LogP contribution in [0.25, 0.3) is 54.6 Å². The van der Waals surface area contributed by atoms with E-state index in [0.717, 1.165) is 50.3 Å². The van der Waals surface area contributed by atoms with Crippen LogP contribution in [0.2, 0.25) is 0 Å². The number of hydrogen-bond acceptors (Lipinski definition) is 3. The van der Waals surface area contributed by atoms with E-state index in [1.54, 1.807) is 0 Å². The first-order valence-electron chi connectivity index (χ1n) is 15.1. The molecule has 0 radical (unpaired) electrons. The molecule has 0 unspecified atom stereocenters. The second-order valence-corrected chi connectivity index (χ2v) is 11.3. The summed E-state index contributed by atoms with van der Waals surface area (Å²) in [4.78, 5) is 4.96. The van der Waals surface area contributed by atoms with Crippen molar-refractivity contribution in [3.63, 3.8) is 0 Å². The van der Waals surface area contributed by atoms with Crippen LogP contribution in [0.1, 0.15) is 16.7 Å². The van der Waals surface area contributed by atoms with Crippen molar-refractivity contribution < 1.29 is 4.42 Å². The van der Waals surface area contributed by atoms with Crippen LogP contribution in [0, 0.1) is 0 Å². The number of benzene rings is 7. The molecule has 1 aromatic heterocycles. The first-order valence-corrected chi connectivity index (χ1v) is 15.1. The van der Waals surface area contributed by atoms with Gasteiger partial charge in [0.1, 0.15) is 11.2 Å². The van der Waals surface area contributed by atoms with Gasteiger partial charge in [0.05, 0.1) is 16.7 Å². The molecule has 4 nitrogen and oxygen atoms in total. The number of rotatable bonds is 4. The Bertz CT molecular complexity index is 2540. The van der Waals surface area contributed by atoms with Crippen molar-refractivity contribution in [2.24, 2.45) is 4.99 Å². The Labute approximate surface area is 259 Å². The summed E-state index contributed by atoms with van der Waals surface area (Å²) in [5.41, 5.74) is 6.95. The maximum Gasteiger partial charge on any atom is 0.360 e. The molecule has 8 aromatic rings. The van der Waals surface area contributed by atoms with Crippen molar-refractivity contribution in [3.05, 3.63) is 168 Å². The molecule has 210 valence electrons. The number of amidine groups is 3. The van der Waals surface area contributed by atoms with Crippen LogP contribution in [0.3, 0.4) is 0 Å². The lowest BCUT2D eigenvalue weighted by atomic mass is 9.92. The number of fused-ring (bicyclic) bond motifs is 6. The van der Waals surface area contributed by atoms with Crippen molar-refractivity contribution in [2.45, 2.75) is 0 Å². The van der Waals surface area contributed by atoms with Gasteiger partial charge in [0, 0.05) is 10.8 Å². The Morgan fingerprint density at radius 2 is 1.16 bits per heavy atom. The average molecular weight is 577 g/mol. The smallest absolute Gasteiger partial charge is 0.360 e. The monoisotopic (exact) mass is 576 g/mol. The van der Waals surface area contributed by atoms with Gasteiger partial charge in [-0.25, -0.2) is 9.98 Å². The lowest BCUT2D eigenvalue weighted by Crippen LogP contribution is -2.38. The third-order valence-electron chi connectivity index (χ3n) is 8.58. The highest BCUT2D eigenvalue weighted by Crippen LogP contribution is 2.38. The zero-order valence-corrected chi connectivity index (χ0v) is 24.2. The van der Waals surface area contributed by atoms with E-state index in [1.807, 2.05) is 48.5 Å². The van der Waals surface area contributed by atoms with Gasteiger partial charge in [-0.05, 0) is 93.3 Å². The molecule has 0 saturated heterocycles. The molecule has 0 atom stereocenters. The van der Waals surface area contributed by atoms with Gasteiger partial charge in [-0.15, -0.1) is 0 Å². The Morgan fingerprint density at radius 1 is 0.467 bits per heavy atom.